The normalized spacial score (nSPS) is 10.8. The highest BCUT2D eigenvalue weighted by molar-refractivity contribution is 7.10. The molecule has 32 heavy (non-hydrogen) atoms. The number of ether oxygens (including phenoxy) is 2. The van der Waals surface area contributed by atoms with Gasteiger partial charge in [-0.2, -0.15) is 0 Å². The molecule has 7 heteroatoms. The van der Waals surface area contributed by atoms with E-state index in [1.807, 2.05) is 35.4 Å². The number of thiophene rings is 1. The first-order valence-electron chi connectivity index (χ1n) is 11.1. The summed E-state index contributed by atoms with van der Waals surface area (Å²) in [6.07, 6.45) is 1.08. The van der Waals surface area contributed by atoms with E-state index in [0.717, 1.165) is 5.56 Å². The maximum absolute atomic E-state index is 13.3. The summed E-state index contributed by atoms with van der Waals surface area (Å²) < 4.78 is 10.7. The second kappa shape index (κ2) is 12.5. The summed E-state index contributed by atoms with van der Waals surface area (Å²) >= 11 is 1.66. The van der Waals surface area contributed by atoms with Crippen LogP contribution in [0.15, 0.2) is 29.6 Å². The maximum Gasteiger partial charge on any atom is 0.242 e. The SMILES string of the molecule is CCC(=O)N(CC(=O)N(CCc1ccc(OC)c(OC)c1)Cc1sccc1C)CC(C)C. The van der Waals surface area contributed by atoms with E-state index in [1.54, 1.807) is 30.5 Å². The maximum atomic E-state index is 13.3. The fraction of sp³-hybridized carbons (Fsp3) is 0.520. The third-order valence-corrected chi connectivity index (χ3v) is 6.35. The number of hydrogen-bond acceptors (Lipinski definition) is 5. The number of rotatable bonds is 12. The molecule has 0 saturated carbocycles. The summed E-state index contributed by atoms with van der Waals surface area (Å²) in [5, 5.41) is 2.05. The van der Waals surface area contributed by atoms with Crippen molar-refractivity contribution in [2.24, 2.45) is 5.92 Å². The van der Waals surface area contributed by atoms with Gasteiger partial charge >= 0.3 is 0 Å². The molecule has 0 N–H and O–H groups in total. The summed E-state index contributed by atoms with van der Waals surface area (Å²) in [6.45, 7) is 9.82. The number of hydrogen-bond donors (Lipinski definition) is 0. The molecular formula is C25H36N2O4S. The molecule has 2 amide bonds. The summed E-state index contributed by atoms with van der Waals surface area (Å²) in [5.74, 6) is 1.65. The number of benzene rings is 1. The van der Waals surface area contributed by atoms with Crippen LogP contribution in [0, 0.1) is 12.8 Å². The molecule has 1 aromatic carbocycles. The van der Waals surface area contributed by atoms with Gasteiger partial charge in [0.2, 0.25) is 11.8 Å². The molecule has 1 heterocycles. The quantitative estimate of drug-likeness (QED) is 0.467. The zero-order valence-corrected chi connectivity index (χ0v) is 21.0. The van der Waals surface area contributed by atoms with E-state index < -0.39 is 0 Å². The molecule has 0 aliphatic rings. The van der Waals surface area contributed by atoms with Gasteiger partial charge in [0, 0.05) is 24.4 Å². The van der Waals surface area contributed by atoms with Crippen molar-refractivity contribution in [2.75, 3.05) is 33.9 Å². The zero-order chi connectivity index (χ0) is 23.7. The summed E-state index contributed by atoms with van der Waals surface area (Å²) in [6, 6.07) is 7.90. The molecule has 0 fully saturated rings. The third kappa shape index (κ3) is 7.26. The fourth-order valence-corrected chi connectivity index (χ4v) is 4.43. The number of methoxy groups -OCH3 is 2. The van der Waals surface area contributed by atoms with E-state index in [1.165, 1.54) is 10.4 Å². The van der Waals surface area contributed by atoms with Gasteiger partial charge in [0.25, 0.3) is 0 Å². The van der Waals surface area contributed by atoms with Crippen LogP contribution in [0.1, 0.15) is 43.2 Å². The van der Waals surface area contributed by atoms with Crippen LogP contribution < -0.4 is 9.47 Å². The van der Waals surface area contributed by atoms with Crippen LogP contribution in [0.25, 0.3) is 0 Å². The van der Waals surface area contributed by atoms with Crippen molar-refractivity contribution in [3.05, 3.63) is 45.6 Å². The fourth-order valence-electron chi connectivity index (χ4n) is 3.51. The van der Waals surface area contributed by atoms with Crippen molar-refractivity contribution >= 4 is 23.2 Å². The number of carbonyl (C=O) groups excluding carboxylic acids is 2. The molecule has 1 aromatic heterocycles. The standard InChI is InChI=1S/C25H36N2O4S/c1-7-24(28)27(15-18(2)3)17-25(29)26(16-23-19(4)11-13-32-23)12-10-20-8-9-21(30-5)22(14-20)31-6/h8-9,11,13-14,18H,7,10,12,15-17H2,1-6H3. The Hall–Kier alpha value is -2.54. The number of carbonyl (C=O) groups is 2. The Morgan fingerprint density at radius 2 is 1.75 bits per heavy atom. The summed E-state index contributed by atoms with van der Waals surface area (Å²) in [7, 11) is 3.23. The molecular weight excluding hydrogens is 424 g/mol. The van der Waals surface area contributed by atoms with E-state index in [0.29, 0.717) is 49.9 Å². The van der Waals surface area contributed by atoms with Crippen LogP contribution in [0.2, 0.25) is 0 Å². The van der Waals surface area contributed by atoms with Crippen LogP contribution in [-0.2, 0) is 22.6 Å². The minimum absolute atomic E-state index is 0.0131. The van der Waals surface area contributed by atoms with Gasteiger partial charge in [-0.05, 0) is 54.0 Å². The van der Waals surface area contributed by atoms with E-state index in [-0.39, 0.29) is 18.4 Å². The Morgan fingerprint density at radius 3 is 2.31 bits per heavy atom. The predicted molar refractivity (Wildman–Crippen MR) is 129 cm³/mol. The lowest BCUT2D eigenvalue weighted by molar-refractivity contribution is -0.141. The minimum Gasteiger partial charge on any atom is -0.493 e. The Kier molecular flexibility index (Phi) is 10.0. The molecule has 6 nitrogen and oxygen atoms in total. The monoisotopic (exact) mass is 460 g/mol. The van der Waals surface area contributed by atoms with Crippen molar-refractivity contribution in [2.45, 2.75) is 47.1 Å². The highest BCUT2D eigenvalue weighted by Gasteiger charge is 2.22. The Morgan fingerprint density at radius 1 is 1.03 bits per heavy atom. The molecule has 2 aromatic rings. The Labute approximate surface area is 196 Å². The van der Waals surface area contributed by atoms with E-state index in [4.69, 9.17) is 9.47 Å². The molecule has 0 radical (unpaired) electrons. The zero-order valence-electron chi connectivity index (χ0n) is 20.1. The minimum atomic E-state index is -0.0271. The summed E-state index contributed by atoms with van der Waals surface area (Å²) in [4.78, 5) is 30.5. The van der Waals surface area contributed by atoms with Crippen LogP contribution >= 0.6 is 11.3 Å². The van der Waals surface area contributed by atoms with Gasteiger partial charge in [-0.15, -0.1) is 11.3 Å². The smallest absolute Gasteiger partial charge is 0.242 e. The average molecular weight is 461 g/mol. The Balaban J connectivity index is 2.19. The van der Waals surface area contributed by atoms with Crippen molar-refractivity contribution in [3.63, 3.8) is 0 Å². The van der Waals surface area contributed by atoms with Crippen LogP contribution in [0.3, 0.4) is 0 Å². The first kappa shape index (κ1) is 25.7. The predicted octanol–water partition coefficient (Wildman–Crippen LogP) is 4.54. The Bertz CT molecular complexity index is 894. The van der Waals surface area contributed by atoms with E-state index in [2.05, 4.69) is 26.8 Å². The second-order valence-corrected chi connectivity index (χ2v) is 9.30. The second-order valence-electron chi connectivity index (χ2n) is 8.30. The first-order valence-corrected chi connectivity index (χ1v) is 12.0. The molecule has 0 bridgehead atoms. The first-order chi connectivity index (χ1) is 15.3. The van der Waals surface area contributed by atoms with Gasteiger partial charge in [0.05, 0.1) is 27.3 Å². The molecule has 0 aliphatic heterocycles. The number of aryl methyl sites for hydroxylation is 1. The largest absolute Gasteiger partial charge is 0.493 e. The summed E-state index contributed by atoms with van der Waals surface area (Å²) in [5.41, 5.74) is 2.25. The van der Waals surface area contributed by atoms with Crippen molar-refractivity contribution < 1.29 is 19.1 Å². The molecule has 176 valence electrons. The highest BCUT2D eigenvalue weighted by atomic mass is 32.1. The van der Waals surface area contributed by atoms with Gasteiger partial charge in [-0.25, -0.2) is 0 Å². The molecule has 0 saturated heterocycles. The number of amides is 2. The van der Waals surface area contributed by atoms with Gasteiger partial charge in [-0.3, -0.25) is 9.59 Å². The van der Waals surface area contributed by atoms with Crippen molar-refractivity contribution in [1.29, 1.82) is 0 Å². The van der Waals surface area contributed by atoms with Gasteiger partial charge in [-0.1, -0.05) is 26.8 Å². The highest BCUT2D eigenvalue weighted by Crippen LogP contribution is 2.28. The lowest BCUT2D eigenvalue weighted by Crippen LogP contribution is -2.44. The van der Waals surface area contributed by atoms with Crippen LogP contribution in [0.4, 0.5) is 0 Å². The molecule has 0 unspecified atom stereocenters. The van der Waals surface area contributed by atoms with Gasteiger partial charge in [0.1, 0.15) is 0 Å². The molecule has 0 atom stereocenters. The number of nitrogens with zero attached hydrogens (tertiary/aromatic N) is 2. The van der Waals surface area contributed by atoms with E-state index >= 15 is 0 Å². The van der Waals surface area contributed by atoms with Gasteiger partial charge in [0.15, 0.2) is 11.5 Å². The molecule has 2 rings (SSSR count). The lowest BCUT2D eigenvalue weighted by atomic mass is 10.1. The van der Waals surface area contributed by atoms with Crippen LogP contribution in [0.5, 0.6) is 11.5 Å². The lowest BCUT2D eigenvalue weighted by Gasteiger charge is -2.28. The van der Waals surface area contributed by atoms with E-state index in [9.17, 15) is 9.59 Å². The topological polar surface area (TPSA) is 59.1 Å². The molecule has 0 aliphatic carbocycles. The van der Waals surface area contributed by atoms with Crippen molar-refractivity contribution in [3.8, 4) is 11.5 Å². The van der Waals surface area contributed by atoms with Crippen molar-refractivity contribution in [1.82, 2.24) is 9.80 Å². The van der Waals surface area contributed by atoms with Crippen LogP contribution in [-0.4, -0.2) is 55.5 Å². The molecule has 0 spiro atoms. The third-order valence-electron chi connectivity index (χ3n) is 5.34. The van der Waals surface area contributed by atoms with Gasteiger partial charge < -0.3 is 19.3 Å². The average Bonchev–Trinajstić information content (AvgIpc) is 3.19.